The summed E-state index contributed by atoms with van der Waals surface area (Å²) in [7, 11) is 0. The van der Waals surface area contributed by atoms with Gasteiger partial charge in [-0.3, -0.25) is 10.1 Å². The lowest BCUT2D eigenvalue weighted by molar-refractivity contribution is -0.384. The molecule has 1 aromatic heterocycles. The van der Waals surface area contributed by atoms with Crippen LogP contribution in [0.5, 0.6) is 0 Å². The average Bonchev–Trinajstić information content (AvgIpc) is 2.89. The summed E-state index contributed by atoms with van der Waals surface area (Å²) in [6, 6.07) is 12.0. The zero-order valence-electron chi connectivity index (χ0n) is 10.7. The number of nitro benzene ring substituents is 1. The molecule has 8 heteroatoms. The monoisotopic (exact) mass is 303 g/mol. The van der Waals surface area contributed by atoms with Gasteiger partial charge >= 0.3 is 0 Å². The molecule has 0 bridgehead atoms. The first-order chi connectivity index (χ1) is 10.1. The summed E-state index contributed by atoms with van der Waals surface area (Å²) in [5.74, 6) is 0. The maximum absolute atomic E-state index is 11.0. The molecule has 21 heavy (non-hydrogen) atoms. The predicted molar refractivity (Wildman–Crippen MR) is 79.3 cm³/mol. The molecular weight excluding hydrogens is 294 g/mol. The van der Waals surface area contributed by atoms with E-state index in [1.165, 1.54) is 6.07 Å². The standard InChI is InChI=1S/C13H10ClN5O2/c14-9-5-6-10(13(7-9)19(20)21)15-8-18-12-4-2-1-3-11(12)16-17-18/h1-7,15H,8H2. The number of nitrogens with zero attached hydrogens (tertiary/aromatic N) is 4. The molecule has 0 unspecified atom stereocenters. The fourth-order valence-electron chi connectivity index (χ4n) is 2.00. The highest BCUT2D eigenvalue weighted by Gasteiger charge is 2.14. The Morgan fingerprint density at radius 2 is 2.10 bits per heavy atom. The van der Waals surface area contributed by atoms with Crippen LogP contribution >= 0.6 is 11.6 Å². The maximum atomic E-state index is 11.0. The van der Waals surface area contributed by atoms with Crippen LogP contribution in [0.3, 0.4) is 0 Å². The summed E-state index contributed by atoms with van der Waals surface area (Å²) in [5.41, 5.74) is 1.92. The van der Waals surface area contributed by atoms with E-state index in [1.807, 2.05) is 24.3 Å². The number of hydrogen-bond acceptors (Lipinski definition) is 5. The fraction of sp³-hybridized carbons (Fsp3) is 0.0769. The van der Waals surface area contributed by atoms with E-state index in [2.05, 4.69) is 15.6 Å². The Labute approximate surface area is 124 Å². The van der Waals surface area contributed by atoms with Crippen LogP contribution in [0.15, 0.2) is 42.5 Å². The molecule has 106 valence electrons. The third-order valence-electron chi connectivity index (χ3n) is 3.00. The van der Waals surface area contributed by atoms with Gasteiger partial charge in [-0.15, -0.1) is 5.10 Å². The van der Waals surface area contributed by atoms with Gasteiger partial charge in [0.1, 0.15) is 17.9 Å². The van der Waals surface area contributed by atoms with Crippen LogP contribution in [0.4, 0.5) is 11.4 Å². The minimum atomic E-state index is -0.479. The van der Waals surface area contributed by atoms with Crippen LogP contribution in [0.1, 0.15) is 0 Å². The van der Waals surface area contributed by atoms with Gasteiger partial charge in [0, 0.05) is 11.1 Å². The number of halogens is 1. The van der Waals surface area contributed by atoms with Crippen molar-refractivity contribution in [3.05, 3.63) is 57.6 Å². The Morgan fingerprint density at radius 1 is 1.29 bits per heavy atom. The number of rotatable bonds is 4. The van der Waals surface area contributed by atoms with Crippen LogP contribution in [0, 0.1) is 10.1 Å². The molecular formula is C13H10ClN5O2. The van der Waals surface area contributed by atoms with Crippen LogP contribution < -0.4 is 5.32 Å². The van der Waals surface area contributed by atoms with E-state index in [0.717, 1.165) is 11.0 Å². The number of hydrogen-bond donors (Lipinski definition) is 1. The molecule has 3 aromatic rings. The average molecular weight is 304 g/mol. The summed E-state index contributed by atoms with van der Waals surface area (Å²) in [6.45, 7) is 0.267. The predicted octanol–water partition coefficient (Wildman–Crippen LogP) is 3.06. The lowest BCUT2D eigenvalue weighted by Crippen LogP contribution is -2.10. The van der Waals surface area contributed by atoms with E-state index >= 15 is 0 Å². The number of nitro groups is 1. The zero-order chi connectivity index (χ0) is 14.8. The lowest BCUT2D eigenvalue weighted by Gasteiger charge is -2.07. The summed E-state index contributed by atoms with van der Waals surface area (Å²) in [4.78, 5) is 10.5. The molecule has 0 saturated heterocycles. The molecule has 3 rings (SSSR count). The summed E-state index contributed by atoms with van der Waals surface area (Å²) in [6.07, 6.45) is 0. The van der Waals surface area contributed by atoms with Crippen LogP contribution in [-0.2, 0) is 6.67 Å². The zero-order valence-corrected chi connectivity index (χ0v) is 11.5. The molecule has 0 aliphatic rings. The number of fused-ring (bicyclic) bond motifs is 1. The lowest BCUT2D eigenvalue weighted by atomic mass is 10.2. The normalized spacial score (nSPS) is 10.7. The van der Waals surface area contributed by atoms with E-state index in [4.69, 9.17) is 11.6 Å². The van der Waals surface area contributed by atoms with Crippen molar-refractivity contribution < 1.29 is 4.92 Å². The molecule has 0 radical (unpaired) electrons. The van der Waals surface area contributed by atoms with Crippen molar-refractivity contribution in [3.63, 3.8) is 0 Å². The number of aromatic nitrogens is 3. The number of nitrogens with one attached hydrogen (secondary N) is 1. The van der Waals surface area contributed by atoms with E-state index < -0.39 is 4.92 Å². The first kappa shape index (κ1) is 13.3. The highest BCUT2D eigenvalue weighted by molar-refractivity contribution is 6.30. The minimum Gasteiger partial charge on any atom is -0.361 e. The number of para-hydroxylation sites is 1. The smallest absolute Gasteiger partial charge is 0.293 e. The second-order valence-corrected chi connectivity index (χ2v) is 4.77. The van der Waals surface area contributed by atoms with Gasteiger partial charge in [-0.2, -0.15) is 0 Å². The van der Waals surface area contributed by atoms with E-state index in [9.17, 15) is 10.1 Å². The highest BCUT2D eigenvalue weighted by Crippen LogP contribution is 2.27. The minimum absolute atomic E-state index is 0.0769. The quantitative estimate of drug-likeness (QED) is 0.591. The SMILES string of the molecule is O=[N+]([O-])c1cc(Cl)ccc1NCn1nnc2ccccc21. The van der Waals surface area contributed by atoms with Crippen molar-refractivity contribution in [2.75, 3.05) is 5.32 Å². The van der Waals surface area contributed by atoms with Gasteiger partial charge in [-0.25, -0.2) is 4.68 Å². The van der Waals surface area contributed by atoms with Crippen molar-refractivity contribution in [2.24, 2.45) is 0 Å². The molecule has 0 amide bonds. The molecule has 7 nitrogen and oxygen atoms in total. The first-order valence-electron chi connectivity index (χ1n) is 6.11. The molecule has 1 N–H and O–H groups in total. The molecule has 0 aliphatic heterocycles. The molecule has 2 aromatic carbocycles. The van der Waals surface area contributed by atoms with Crippen molar-refractivity contribution in [1.82, 2.24) is 15.0 Å². The molecule has 1 heterocycles. The number of benzene rings is 2. The third-order valence-corrected chi connectivity index (χ3v) is 3.23. The largest absolute Gasteiger partial charge is 0.361 e. The van der Waals surface area contributed by atoms with Gasteiger partial charge in [-0.05, 0) is 24.3 Å². The Kier molecular flexibility index (Phi) is 3.41. The Bertz CT molecular complexity index is 817. The molecule has 0 fully saturated rings. The number of anilines is 1. The summed E-state index contributed by atoms with van der Waals surface area (Å²) in [5, 5.41) is 22.3. The van der Waals surface area contributed by atoms with Gasteiger partial charge in [0.25, 0.3) is 5.69 Å². The molecule has 0 spiro atoms. The van der Waals surface area contributed by atoms with Gasteiger partial charge < -0.3 is 5.32 Å². The molecule has 0 aliphatic carbocycles. The molecule has 0 saturated carbocycles. The van der Waals surface area contributed by atoms with Crippen LogP contribution in [-0.4, -0.2) is 19.9 Å². The van der Waals surface area contributed by atoms with Crippen LogP contribution in [0.25, 0.3) is 11.0 Å². The van der Waals surface area contributed by atoms with E-state index in [-0.39, 0.29) is 12.4 Å². The van der Waals surface area contributed by atoms with Crippen molar-refractivity contribution in [3.8, 4) is 0 Å². The highest BCUT2D eigenvalue weighted by atomic mass is 35.5. The second-order valence-electron chi connectivity index (χ2n) is 4.33. The third kappa shape index (κ3) is 2.63. The van der Waals surface area contributed by atoms with E-state index in [1.54, 1.807) is 16.8 Å². The Morgan fingerprint density at radius 3 is 2.90 bits per heavy atom. The summed E-state index contributed by atoms with van der Waals surface area (Å²) >= 11 is 5.78. The van der Waals surface area contributed by atoms with Crippen molar-refractivity contribution in [2.45, 2.75) is 6.67 Å². The van der Waals surface area contributed by atoms with Crippen molar-refractivity contribution >= 4 is 34.0 Å². The maximum Gasteiger partial charge on any atom is 0.293 e. The van der Waals surface area contributed by atoms with Crippen LogP contribution in [0.2, 0.25) is 5.02 Å². The molecule has 0 atom stereocenters. The topological polar surface area (TPSA) is 85.9 Å². The first-order valence-corrected chi connectivity index (χ1v) is 6.49. The van der Waals surface area contributed by atoms with Crippen molar-refractivity contribution in [1.29, 1.82) is 0 Å². The second kappa shape index (κ2) is 5.37. The van der Waals surface area contributed by atoms with Gasteiger partial charge in [-0.1, -0.05) is 28.9 Å². The fourth-order valence-corrected chi connectivity index (χ4v) is 2.17. The Hall–Kier alpha value is -2.67. The van der Waals surface area contributed by atoms with E-state index in [0.29, 0.717) is 10.7 Å². The Balaban J connectivity index is 1.87. The van der Waals surface area contributed by atoms with Gasteiger partial charge in [0.05, 0.1) is 10.4 Å². The summed E-state index contributed by atoms with van der Waals surface area (Å²) < 4.78 is 1.63. The van der Waals surface area contributed by atoms with Gasteiger partial charge in [0.2, 0.25) is 0 Å². The van der Waals surface area contributed by atoms with Gasteiger partial charge in [0.15, 0.2) is 0 Å².